The van der Waals surface area contributed by atoms with Gasteiger partial charge in [-0.3, -0.25) is 9.52 Å². The van der Waals surface area contributed by atoms with Crippen molar-refractivity contribution >= 4 is 32.6 Å². The van der Waals surface area contributed by atoms with Crippen LogP contribution in [0.3, 0.4) is 0 Å². The Labute approximate surface area is 195 Å². The number of anilines is 1. The molecule has 0 spiro atoms. The maximum Gasteiger partial charge on any atom is 0.323 e. The van der Waals surface area contributed by atoms with Crippen LogP contribution in [0.15, 0.2) is 71.6 Å². The zero-order valence-corrected chi connectivity index (χ0v) is 18.9. The van der Waals surface area contributed by atoms with Gasteiger partial charge in [0.05, 0.1) is 22.2 Å². The third-order valence-corrected chi connectivity index (χ3v) is 7.06. The summed E-state index contributed by atoms with van der Waals surface area (Å²) in [4.78, 5) is 11.4. The van der Waals surface area contributed by atoms with Gasteiger partial charge in [0.1, 0.15) is 12.4 Å². The fourth-order valence-electron chi connectivity index (χ4n) is 4.05. The minimum absolute atomic E-state index is 0.0345. The molecule has 0 saturated heterocycles. The molecule has 7 nitrogen and oxygen atoms in total. The Balaban J connectivity index is 1.79. The van der Waals surface area contributed by atoms with E-state index in [0.717, 1.165) is 0 Å². The van der Waals surface area contributed by atoms with Crippen molar-refractivity contribution in [3.63, 3.8) is 0 Å². The Morgan fingerprint density at radius 3 is 2.62 bits per heavy atom. The molecule has 9 heteroatoms. The highest BCUT2D eigenvalue weighted by Crippen LogP contribution is 2.31. The number of hydrogen-bond donors (Lipinski definition) is 2. The molecule has 0 saturated carbocycles. The van der Waals surface area contributed by atoms with Crippen LogP contribution in [0, 0.1) is 24.1 Å². The van der Waals surface area contributed by atoms with Gasteiger partial charge in [0.2, 0.25) is 0 Å². The van der Waals surface area contributed by atoms with E-state index in [0.29, 0.717) is 33.3 Å². The molecule has 4 rings (SSSR count). The van der Waals surface area contributed by atoms with E-state index in [1.807, 2.05) is 6.07 Å². The largest absolute Gasteiger partial charge is 0.480 e. The highest BCUT2D eigenvalue weighted by molar-refractivity contribution is 7.92. The first-order valence-electron chi connectivity index (χ1n) is 10.3. The number of halogens is 1. The second kappa shape index (κ2) is 9.00. The summed E-state index contributed by atoms with van der Waals surface area (Å²) in [5.74, 6) is -1.51. The highest BCUT2D eigenvalue weighted by atomic mass is 32.2. The topological polar surface area (TPSA) is 112 Å². The van der Waals surface area contributed by atoms with Gasteiger partial charge in [0, 0.05) is 23.0 Å². The van der Waals surface area contributed by atoms with E-state index in [9.17, 15) is 22.7 Å². The first-order chi connectivity index (χ1) is 16.2. The normalized spacial score (nSPS) is 11.3. The number of benzene rings is 3. The molecule has 1 aromatic heterocycles. The van der Waals surface area contributed by atoms with Crippen LogP contribution in [0.25, 0.3) is 10.9 Å². The molecule has 0 amide bonds. The van der Waals surface area contributed by atoms with Crippen molar-refractivity contribution in [2.45, 2.75) is 24.8 Å². The molecule has 34 heavy (non-hydrogen) atoms. The number of carbonyl (C=O) groups is 1. The molecule has 0 unspecified atom stereocenters. The van der Waals surface area contributed by atoms with Crippen LogP contribution < -0.4 is 4.72 Å². The Bertz CT molecular complexity index is 1570. The Morgan fingerprint density at radius 1 is 1.12 bits per heavy atom. The quantitative estimate of drug-likeness (QED) is 0.409. The number of fused-ring (bicyclic) bond motifs is 1. The fraction of sp³-hybridized carbons (Fsp3) is 0.120. The van der Waals surface area contributed by atoms with Crippen molar-refractivity contribution in [2.75, 3.05) is 4.72 Å². The van der Waals surface area contributed by atoms with Crippen molar-refractivity contribution in [2.24, 2.45) is 0 Å². The molecule has 0 bridgehead atoms. The monoisotopic (exact) mass is 477 g/mol. The number of nitrogens with one attached hydrogen (secondary N) is 1. The zero-order valence-electron chi connectivity index (χ0n) is 18.1. The number of aliphatic carboxylic acids is 1. The maximum atomic E-state index is 14.1. The van der Waals surface area contributed by atoms with Crippen LogP contribution in [-0.2, 0) is 27.8 Å². The highest BCUT2D eigenvalue weighted by Gasteiger charge is 2.22. The summed E-state index contributed by atoms with van der Waals surface area (Å²) in [6.45, 7) is 1.43. The summed E-state index contributed by atoms with van der Waals surface area (Å²) in [6.07, 6.45) is 0.147. The van der Waals surface area contributed by atoms with Crippen molar-refractivity contribution in [1.82, 2.24) is 4.57 Å². The Morgan fingerprint density at radius 2 is 1.88 bits per heavy atom. The zero-order chi connectivity index (χ0) is 24.5. The molecule has 3 aromatic carbocycles. The molecule has 0 aliphatic heterocycles. The van der Waals surface area contributed by atoms with Gasteiger partial charge in [0.25, 0.3) is 10.0 Å². The minimum atomic E-state index is -4.01. The maximum absolute atomic E-state index is 14.1. The van der Waals surface area contributed by atoms with Crippen LogP contribution in [0.5, 0.6) is 0 Å². The lowest BCUT2D eigenvalue weighted by atomic mass is 10.0. The number of nitrogens with zero attached hydrogens (tertiary/aromatic N) is 2. The van der Waals surface area contributed by atoms with E-state index in [1.54, 1.807) is 47.9 Å². The third kappa shape index (κ3) is 4.49. The number of nitriles is 1. The van der Waals surface area contributed by atoms with Crippen LogP contribution in [-0.4, -0.2) is 24.1 Å². The van der Waals surface area contributed by atoms with Crippen molar-refractivity contribution < 1.29 is 22.7 Å². The van der Waals surface area contributed by atoms with Gasteiger partial charge in [-0.15, -0.1) is 0 Å². The number of aromatic nitrogens is 1. The lowest BCUT2D eigenvalue weighted by Gasteiger charge is -2.13. The van der Waals surface area contributed by atoms with Crippen LogP contribution in [0.2, 0.25) is 0 Å². The van der Waals surface area contributed by atoms with Crippen molar-refractivity contribution in [3.8, 4) is 6.07 Å². The molecular formula is C25H20FN3O4S. The van der Waals surface area contributed by atoms with E-state index in [4.69, 9.17) is 5.26 Å². The molecule has 1 heterocycles. The number of carboxylic acids is 1. The van der Waals surface area contributed by atoms with E-state index in [1.165, 1.54) is 30.3 Å². The summed E-state index contributed by atoms with van der Waals surface area (Å²) >= 11 is 0. The van der Waals surface area contributed by atoms with E-state index in [-0.39, 0.29) is 23.5 Å². The first-order valence-corrected chi connectivity index (χ1v) is 11.8. The predicted molar refractivity (Wildman–Crippen MR) is 125 cm³/mol. The molecule has 0 aliphatic carbocycles. The lowest BCUT2D eigenvalue weighted by molar-refractivity contribution is -0.137. The van der Waals surface area contributed by atoms with E-state index < -0.39 is 21.8 Å². The van der Waals surface area contributed by atoms with E-state index >= 15 is 0 Å². The second-order valence-electron chi connectivity index (χ2n) is 7.79. The number of hydrogen-bond acceptors (Lipinski definition) is 4. The van der Waals surface area contributed by atoms with E-state index in [2.05, 4.69) is 4.72 Å². The van der Waals surface area contributed by atoms with Gasteiger partial charge in [-0.1, -0.05) is 24.3 Å². The Hall–Kier alpha value is -4.16. The molecule has 0 radical (unpaired) electrons. The average Bonchev–Trinajstić information content (AvgIpc) is 3.04. The first kappa shape index (κ1) is 23.0. The number of carboxylic acid groups (broad SMARTS) is 1. The summed E-state index contributed by atoms with van der Waals surface area (Å²) in [5.41, 5.74) is 2.86. The van der Waals surface area contributed by atoms with Gasteiger partial charge in [0.15, 0.2) is 0 Å². The van der Waals surface area contributed by atoms with Gasteiger partial charge in [-0.05, 0) is 60.5 Å². The van der Waals surface area contributed by atoms with Crippen molar-refractivity contribution in [3.05, 3.63) is 94.9 Å². The fourth-order valence-corrected chi connectivity index (χ4v) is 5.34. The number of rotatable bonds is 7. The van der Waals surface area contributed by atoms with Crippen LogP contribution >= 0.6 is 0 Å². The molecular weight excluding hydrogens is 457 g/mol. The van der Waals surface area contributed by atoms with Crippen LogP contribution in [0.4, 0.5) is 10.1 Å². The summed E-state index contributed by atoms with van der Waals surface area (Å²) < 4.78 is 44.6. The molecule has 2 N–H and O–H groups in total. The van der Waals surface area contributed by atoms with Crippen LogP contribution in [0.1, 0.15) is 22.4 Å². The van der Waals surface area contributed by atoms with Crippen molar-refractivity contribution in [1.29, 1.82) is 5.26 Å². The second-order valence-corrected chi connectivity index (χ2v) is 9.44. The average molecular weight is 478 g/mol. The van der Waals surface area contributed by atoms with Gasteiger partial charge < -0.3 is 9.67 Å². The minimum Gasteiger partial charge on any atom is -0.480 e. The van der Waals surface area contributed by atoms with Gasteiger partial charge >= 0.3 is 5.97 Å². The standard InChI is InChI=1S/C25H20FN3O4S/c1-16-21(22-13-19(26)9-10-23(22)29(16)15-25(30)31)12-18-6-2-3-8-24(18)34(32,33)28-20-7-4-5-17(11-20)14-27/h2-11,13,28H,12,15H2,1H3,(H,30,31). The molecule has 0 fully saturated rings. The third-order valence-electron chi connectivity index (χ3n) is 5.58. The SMILES string of the molecule is Cc1c(Cc2ccccc2S(=O)(=O)Nc2cccc(C#N)c2)c2cc(F)ccc2n1CC(=O)O. The number of sulfonamides is 1. The molecule has 172 valence electrons. The van der Waals surface area contributed by atoms with Gasteiger partial charge in [-0.2, -0.15) is 5.26 Å². The summed E-state index contributed by atoms with van der Waals surface area (Å²) in [5, 5.41) is 18.9. The molecule has 0 atom stereocenters. The molecule has 0 aliphatic rings. The van der Waals surface area contributed by atoms with Gasteiger partial charge in [-0.25, -0.2) is 12.8 Å². The molecule has 4 aromatic rings. The predicted octanol–water partition coefficient (Wildman–Crippen LogP) is 4.44. The summed E-state index contributed by atoms with van der Waals surface area (Å²) in [7, 11) is -4.01. The smallest absolute Gasteiger partial charge is 0.323 e. The summed E-state index contributed by atoms with van der Waals surface area (Å²) in [6, 6.07) is 18.7. The lowest BCUT2D eigenvalue weighted by Crippen LogP contribution is -2.15. The Kier molecular flexibility index (Phi) is 6.09.